The molecule has 0 aliphatic heterocycles. The minimum Gasteiger partial charge on any atom is -0.443 e. The van der Waals surface area contributed by atoms with E-state index in [2.05, 4.69) is 60.4 Å². The molecule has 0 N–H and O–H groups in total. The number of carbonyl (C=O) groups excluding carboxylic acids is 1. The molecule has 0 fully saturated rings. The molecule has 0 aromatic heterocycles. The van der Waals surface area contributed by atoms with Crippen LogP contribution in [0, 0.1) is 11.8 Å². The molecule has 0 aliphatic rings. The van der Waals surface area contributed by atoms with Crippen molar-refractivity contribution in [3.8, 4) is 11.8 Å². The number of rotatable bonds is 5. The van der Waals surface area contributed by atoms with Crippen LogP contribution in [0.4, 0.5) is 0 Å². The zero-order valence-corrected chi connectivity index (χ0v) is 17.8. The molecule has 0 bridgehead atoms. The predicted octanol–water partition coefficient (Wildman–Crippen LogP) is 6.13. The minimum atomic E-state index is -0.801. The third-order valence-electron chi connectivity index (χ3n) is 4.20. The summed E-state index contributed by atoms with van der Waals surface area (Å²) in [6.45, 7) is 5.59. The Morgan fingerprint density at radius 1 is 0.828 bits per heavy atom. The summed E-state index contributed by atoms with van der Waals surface area (Å²) in [4.78, 5) is 16.2. The summed E-state index contributed by atoms with van der Waals surface area (Å²) in [5.74, 6) is 5.61. The predicted molar refractivity (Wildman–Crippen MR) is 119 cm³/mol. The fraction of sp³-hybridized carbons (Fsp3) is 0.192. The highest BCUT2D eigenvalue weighted by atomic mass is 32.2. The number of ether oxygens (including phenoxy) is 1. The van der Waals surface area contributed by atoms with Crippen LogP contribution in [0.5, 0.6) is 0 Å². The number of carbonyl (C=O) groups is 1. The van der Waals surface area contributed by atoms with Crippen molar-refractivity contribution in [2.24, 2.45) is 0 Å². The van der Waals surface area contributed by atoms with E-state index in [-0.39, 0.29) is 16.9 Å². The molecule has 3 aromatic carbocycles. The minimum absolute atomic E-state index is 0.234. The smallest absolute Gasteiger partial charge is 0.339 e. The average Bonchev–Trinajstić information content (AvgIpc) is 2.74. The van der Waals surface area contributed by atoms with Crippen LogP contribution in [0.3, 0.4) is 0 Å². The van der Waals surface area contributed by atoms with Crippen LogP contribution in [0.1, 0.15) is 37.6 Å². The number of esters is 1. The summed E-state index contributed by atoms with van der Waals surface area (Å²) < 4.78 is 5.59. The fourth-order valence-electron chi connectivity index (χ4n) is 2.87. The van der Waals surface area contributed by atoms with Crippen LogP contribution in [-0.2, 0) is 15.6 Å². The molecule has 3 heteroatoms. The Morgan fingerprint density at radius 3 is 1.79 bits per heavy atom. The van der Waals surface area contributed by atoms with Crippen molar-refractivity contribution in [1.82, 2.24) is 0 Å². The molecule has 3 rings (SSSR count). The molecule has 0 unspecified atom stereocenters. The molecule has 0 saturated carbocycles. The molecule has 0 spiro atoms. The second kappa shape index (κ2) is 9.49. The lowest BCUT2D eigenvalue weighted by molar-refractivity contribution is 0.0204. The van der Waals surface area contributed by atoms with Gasteiger partial charge in [-0.05, 0) is 62.4 Å². The SMILES string of the molecule is CCC#CC(C)(C)OC(=O)c1ccc([S+](c2ccccc2)c2ccccc2)cc1. The van der Waals surface area contributed by atoms with E-state index < -0.39 is 5.60 Å². The molecule has 0 heterocycles. The summed E-state index contributed by atoms with van der Waals surface area (Å²) in [5.41, 5.74) is -0.269. The molecule has 0 amide bonds. The maximum Gasteiger partial charge on any atom is 0.339 e. The molecule has 3 aromatic rings. The van der Waals surface area contributed by atoms with E-state index in [0.29, 0.717) is 5.56 Å². The van der Waals surface area contributed by atoms with Crippen molar-refractivity contribution in [3.63, 3.8) is 0 Å². The summed E-state index contributed by atoms with van der Waals surface area (Å²) in [6, 6.07) is 28.6. The first-order valence-corrected chi connectivity index (χ1v) is 10.9. The van der Waals surface area contributed by atoms with Crippen molar-refractivity contribution in [1.29, 1.82) is 0 Å². The topological polar surface area (TPSA) is 26.3 Å². The summed E-state index contributed by atoms with van der Waals surface area (Å²) in [5, 5.41) is 0. The quantitative estimate of drug-likeness (QED) is 0.292. The standard InChI is InChI=1S/C26H25O2S/c1-4-5-20-26(2,3)28-25(27)21-16-18-24(19-17-21)29(22-12-8-6-9-13-22)23-14-10-7-11-15-23/h6-19H,4H2,1-3H3/q+1. The highest BCUT2D eigenvalue weighted by Crippen LogP contribution is 2.31. The number of benzene rings is 3. The third-order valence-corrected chi connectivity index (χ3v) is 6.43. The van der Waals surface area contributed by atoms with Gasteiger partial charge in [0.05, 0.1) is 16.5 Å². The van der Waals surface area contributed by atoms with Gasteiger partial charge in [-0.1, -0.05) is 55.2 Å². The van der Waals surface area contributed by atoms with Crippen LogP contribution >= 0.6 is 0 Å². The number of hydrogen-bond donors (Lipinski definition) is 0. The van der Waals surface area contributed by atoms with E-state index in [4.69, 9.17) is 4.74 Å². The van der Waals surface area contributed by atoms with Crippen LogP contribution in [0.15, 0.2) is 99.6 Å². The van der Waals surface area contributed by atoms with E-state index in [9.17, 15) is 4.79 Å². The van der Waals surface area contributed by atoms with Gasteiger partial charge in [-0.15, -0.1) is 0 Å². The maximum absolute atomic E-state index is 12.6. The van der Waals surface area contributed by atoms with Crippen LogP contribution in [0.25, 0.3) is 0 Å². The Balaban J connectivity index is 1.88. The Labute approximate surface area is 176 Å². The molecule has 2 nitrogen and oxygen atoms in total. The van der Waals surface area contributed by atoms with E-state index in [0.717, 1.165) is 11.3 Å². The lowest BCUT2D eigenvalue weighted by Gasteiger charge is -2.18. The van der Waals surface area contributed by atoms with Gasteiger partial charge in [-0.25, -0.2) is 4.79 Å². The fourth-order valence-corrected chi connectivity index (χ4v) is 4.95. The van der Waals surface area contributed by atoms with Crippen LogP contribution < -0.4 is 0 Å². The second-order valence-corrected chi connectivity index (χ2v) is 9.04. The van der Waals surface area contributed by atoms with Gasteiger partial charge in [0.15, 0.2) is 20.3 Å². The van der Waals surface area contributed by atoms with Gasteiger partial charge >= 0.3 is 5.97 Å². The van der Waals surface area contributed by atoms with Gasteiger partial charge in [0.25, 0.3) is 0 Å². The molecule has 29 heavy (non-hydrogen) atoms. The van der Waals surface area contributed by atoms with E-state index in [1.807, 2.05) is 57.2 Å². The van der Waals surface area contributed by atoms with Gasteiger partial charge < -0.3 is 4.74 Å². The van der Waals surface area contributed by atoms with E-state index in [1.165, 1.54) is 9.79 Å². The van der Waals surface area contributed by atoms with Crippen molar-refractivity contribution in [2.45, 2.75) is 47.5 Å². The van der Waals surface area contributed by atoms with Crippen LogP contribution in [-0.4, -0.2) is 11.6 Å². The lowest BCUT2D eigenvalue weighted by atomic mass is 10.1. The average molecular weight is 402 g/mol. The summed E-state index contributed by atoms with van der Waals surface area (Å²) in [7, 11) is -0.234. The van der Waals surface area contributed by atoms with Crippen molar-refractivity contribution in [3.05, 3.63) is 90.5 Å². The number of hydrogen-bond acceptors (Lipinski definition) is 2. The highest BCUT2D eigenvalue weighted by Gasteiger charge is 2.29. The molecule has 0 saturated heterocycles. The Morgan fingerprint density at radius 2 is 1.31 bits per heavy atom. The van der Waals surface area contributed by atoms with Gasteiger partial charge in [-0.2, -0.15) is 0 Å². The molecule has 0 aliphatic carbocycles. The summed E-state index contributed by atoms with van der Waals surface area (Å²) in [6.07, 6.45) is 0.733. The monoisotopic (exact) mass is 401 g/mol. The zero-order valence-electron chi connectivity index (χ0n) is 17.0. The first-order valence-electron chi connectivity index (χ1n) is 9.68. The first kappa shape index (κ1) is 20.8. The van der Waals surface area contributed by atoms with Crippen molar-refractivity contribution in [2.75, 3.05) is 0 Å². The van der Waals surface area contributed by atoms with E-state index in [1.54, 1.807) is 0 Å². The molecule has 146 valence electrons. The first-order chi connectivity index (χ1) is 14.0. The molecule has 0 radical (unpaired) electrons. The third kappa shape index (κ3) is 5.53. The zero-order chi connectivity index (χ0) is 20.7. The highest BCUT2D eigenvalue weighted by molar-refractivity contribution is 7.97. The normalized spacial score (nSPS) is 10.9. The maximum atomic E-state index is 12.6. The van der Waals surface area contributed by atoms with Gasteiger partial charge in [0.1, 0.15) is 0 Å². The Hall–Kier alpha value is -2.96. The Bertz CT molecular complexity index is 958. The molecular formula is C26H25O2S+. The van der Waals surface area contributed by atoms with Gasteiger partial charge in [0.2, 0.25) is 0 Å². The van der Waals surface area contributed by atoms with Crippen molar-refractivity contribution < 1.29 is 9.53 Å². The largest absolute Gasteiger partial charge is 0.443 e. The Kier molecular flexibility index (Phi) is 6.80. The van der Waals surface area contributed by atoms with Crippen LogP contribution in [0.2, 0.25) is 0 Å². The van der Waals surface area contributed by atoms with Gasteiger partial charge in [0, 0.05) is 6.42 Å². The second-order valence-electron chi connectivity index (χ2n) is 7.01. The molecular weight excluding hydrogens is 376 g/mol. The van der Waals surface area contributed by atoms with E-state index >= 15 is 0 Å². The van der Waals surface area contributed by atoms with Gasteiger partial charge in [-0.3, -0.25) is 0 Å². The summed E-state index contributed by atoms with van der Waals surface area (Å²) >= 11 is 0. The lowest BCUT2D eigenvalue weighted by Crippen LogP contribution is -2.26. The molecule has 0 atom stereocenters. The van der Waals surface area contributed by atoms with Crippen molar-refractivity contribution >= 4 is 16.9 Å².